The van der Waals surface area contributed by atoms with E-state index in [9.17, 15) is 24.1 Å². The van der Waals surface area contributed by atoms with Crippen molar-refractivity contribution in [1.29, 1.82) is 0 Å². The molecule has 0 bridgehead atoms. The number of carbonyl (C=O) groups excluding carboxylic acids is 1. The highest BCUT2D eigenvalue weighted by molar-refractivity contribution is 7.52. The maximum absolute atomic E-state index is 14.0. The fourth-order valence-electron chi connectivity index (χ4n) is 4.49. The smallest absolute Gasteiger partial charge is 0.459 e. The standard InChI is InChI=1S/C29H36N3O10P/c1-17(2)40-28(35)19(4)31-43(37,42-23-12-8-21(9-13-23)20-6-10-22(38-5)11-7-20)39-16-24-26(34)18(3)27(41-24)32-15-14-25(33)30-29(32)36/h6-15,17-19,24,26-27,34H,16H2,1-5H3,(H,31,37)(H,30,33,36)/t18-,19-,24+,26-,27+,43?/m0/s1. The number of hydrogen-bond donors (Lipinski definition) is 3. The summed E-state index contributed by atoms with van der Waals surface area (Å²) < 4.78 is 42.9. The first-order chi connectivity index (χ1) is 20.4. The molecule has 1 saturated heterocycles. The highest BCUT2D eigenvalue weighted by atomic mass is 31.2. The van der Waals surface area contributed by atoms with Crippen molar-refractivity contribution in [3.63, 3.8) is 0 Å². The van der Waals surface area contributed by atoms with Gasteiger partial charge in [0.25, 0.3) is 5.56 Å². The van der Waals surface area contributed by atoms with Gasteiger partial charge in [-0.2, -0.15) is 5.09 Å². The van der Waals surface area contributed by atoms with Crippen LogP contribution in [-0.4, -0.2) is 58.7 Å². The van der Waals surface area contributed by atoms with Gasteiger partial charge < -0.3 is 23.8 Å². The van der Waals surface area contributed by atoms with Crippen molar-refractivity contribution in [3.05, 3.63) is 81.6 Å². The number of aliphatic hydroxyl groups is 1. The van der Waals surface area contributed by atoms with Crippen molar-refractivity contribution in [2.75, 3.05) is 13.7 Å². The van der Waals surface area contributed by atoms with Gasteiger partial charge in [0.05, 0.1) is 25.9 Å². The molecule has 1 aliphatic rings. The summed E-state index contributed by atoms with van der Waals surface area (Å²) in [6.45, 7) is 6.08. The molecule has 2 aromatic carbocycles. The Balaban J connectivity index is 1.51. The zero-order chi connectivity index (χ0) is 31.3. The molecule has 3 aromatic rings. The van der Waals surface area contributed by atoms with Crippen molar-refractivity contribution in [1.82, 2.24) is 14.6 Å². The lowest BCUT2D eigenvalue weighted by Crippen LogP contribution is -2.37. The average molecular weight is 618 g/mol. The van der Waals surface area contributed by atoms with Crippen LogP contribution in [0.5, 0.6) is 11.5 Å². The summed E-state index contributed by atoms with van der Waals surface area (Å²) in [4.78, 5) is 38.4. The quantitative estimate of drug-likeness (QED) is 0.202. The van der Waals surface area contributed by atoms with Gasteiger partial charge >= 0.3 is 19.4 Å². The predicted molar refractivity (Wildman–Crippen MR) is 157 cm³/mol. The zero-order valence-electron chi connectivity index (χ0n) is 24.5. The number of benzene rings is 2. The van der Waals surface area contributed by atoms with E-state index in [-0.39, 0.29) is 5.75 Å². The van der Waals surface area contributed by atoms with Crippen LogP contribution in [0, 0.1) is 5.92 Å². The molecule has 13 nitrogen and oxygen atoms in total. The van der Waals surface area contributed by atoms with Gasteiger partial charge in [0.2, 0.25) is 0 Å². The third-order valence-electron chi connectivity index (χ3n) is 6.78. The number of aromatic nitrogens is 2. The molecule has 43 heavy (non-hydrogen) atoms. The minimum absolute atomic E-state index is 0.191. The molecule has 3 N–H and O–H groups in total. The molecule has 0 spiro atoms. The number of nitrogens with one attached hydrogen (secondary N) is 2. The number of H-pyrrole nitrogens is 1. The maximum Gasteiger partial charge on any atom is 0.459 e. The monoisotopic (exact) mass is 617 g/mol. The van der Waals surface area contributed by atoms with Crippen molar-refractivity contribution in [2.45, 2.75) is 58.3 Å². The van der Waals surface area contributed by atoms with Crippen LogP contribution in [0.25, 0.3) is 11.1 Å². The summed E-state index contributed by atoms with van der Waals surface area (Å²) in [6.07, 6.45) is -2.20. The second-order valence-electron chi connectivity index (χ2n) is 10.4. The van der Waals surface area contributed by atoms with Crippen LogP contribution < -0.4 is 25.6 Å². The molecule has 2 heterocycles. The third-order valence-corrected chi connectivity index (χ3v) is 8.42. The second kappa shape index (κ2) is 13.7. The van der Waals surface area contributed by atoms with Gasteiger partial charge in [-0.15, -0.1) is 0 Å². The Labute approximate surface area is 248 Å². The van der Waals surface area contributed by atoms with Gasteiger partial charge in [0, 0.05) is 18.2 Å². The SMILES string of the molecule is COc1ccc(-c2ccc(OP(=O)(N[C@@H](C)C(=O)OC(C)C)OC[C@H]3O[C@@H](n4ccc(=O)[nH]c4=O)[C@@H](C)[C@@H]3O)cc2)cc1. The van der Waals surface area contributed by atoms with Gasteiger partial charge in [-0.1, -0.05) is 31.2 Å². The normalized spacial score (nSPS) is 22.1. The molecule has 1 aromatic heterocycles. The number of esters is 1. The Morgan fingerprint density at radius 1 is 1.05 bits per heavy atom. The Bertz CT molecular complexity index is 1550. The van der Waals surface area contributed by atoms with E-state index >= 15 is 0 Å². The molecule has 0 saturated carbocycles. The van der Waals surface area contributed by atoms with E-state index in [0.29, 0.717) is 0 Å². The minimum atomic E-state index is -4.27. The van der Waals surface area contributed by atoms with Crippen LogP contribution in [0.3, 0.4) is 0 Å². The lowest BCUT2D eigenvalue weighted by Gasteiger charge is -2.25. The first-order valence-electron chi connectivity index (χ1n) is 13.7. The molecule has 232 valence electrons. The molecule has 1 fully saturated rings. The molecule has 14 heteroatoms. The molecule has 6 atom stereocenters. The average Bonchev–Trinajstić information content (AvgIpc) is 3.25. The van der Waals surface area contributed by atoms with Crippen LogP contribution in [0.15, 0.2) is 70.4 Å². The predicted octanol–water partition coefficient (Wildman–Crippen LogP) is 3.24. The number of hydrogen-bond acceptors (Lipinski definition) is 10. The largest absolute Gasteiger partial charge is 0.497 e. The molecule has 1 aliphatic heterocycles. The van der Waals surface area contributed by atoms with Gasteiger partial charge in [-0.3, -0.25) is 23.7 Å². The van der Waals surface area contributed by atoms with E-state index in [2.05, 4.69) is 10.1 Å². The maximum atomic E-state index is 14.0. The van der Waals surface area contributed by atoms with E-state index in [0.717, 1.165) is 27.5 Å². The van der Waals surface area contributed by atoms with Crippen LogP contribution in [0.4, 0.5) is 0 Å². The Morgan fingerprint density at radius 3 is 2.21 bits per heavy atom. The number of aliphatic hydroxyl groups excluding tert-OH is 1. The Hall–Kier alpha value is -3.74. The number of ether oxygens (including phenoxy) is 3. The summed E-state index contributed by atoms with van der Waals surface area (Å²) in [5.74, 6) is -0.339. The van der Waals surface area contributed by atoms with Crippen molar-refractivity contribution < 1.29 is 37.7 Å². The van der Waals surface area contributed by atoms with E-state index in [4.69, 9.17) is 23.3 Å². The lowest BCUT2D eigenvalue weighted by atomic mass is 10.0. The molecule has 1 unspecified atom stereocenters. The topological polar surface area (TPSA) is 167 Å². The van der Waals surface area contributed by atoms with Crippen molar-refractivity contribution in [3.8, 4) is 22.6 Å². The molecule has 0 aliphatic carbocycles. The van der Waals surface area contributed by atoms with Crippen molar-refractivity contribution in [2.24, 2.45) is 5.92 Å². The van der Waals surface area contributed by atoms with E-state index in [1.54, 1.807) is 52.1 Å². The summed E-state index contributed by atoms with van der Waals surface area (Å²) in [5.41, 5.74) is 0.517. The van der Waals surface area contributed by atoms with Gasteiger partial charge in [0.15, 0.2) is 0 Å². The molecule has 0 radical (unpaired) electrons. The number of methoxy groups -OCH3 is 1. The first kappa shape index (κ1) is 32.2. The molecular formula is C29H36N3O10P. The van der Waals surface area contributed by atoms with Crippen LogP contribution >= 0.6 is 7.75 Å². The lowest BCUT2D eigenvalue weighted by molar-refractivity contribution is -0.149. The van der Waals surface area contributed by atoms with E-state index in [1.165, 1.54) is 13.1 Å². The van der Waals surface area contributed by atoms with E-state index in [1.807, 2.05) is 24.3 Å². The molecule has 4 rings (SSSR count). The Morgan fingerprint density at radius 2 is 1.65 bits per heavy atom. The number of nitrogens with zero attached hydrogens (tertiary/aromatic N) is 1. The highest BCUT2D eigenvalue weighted by Crippen LogP contribution is 2.46. The fourth-order valence-corrected chi connectivity index (χ4v) is 5.99. The highest BCUT2D eigenvalue weighted by Gasteiger charge is 2.44. The van der Waals surface area contributed by atoms with Gasteiger partial charge in [-0.05, 0) is 56.2 Å². The summed E-state index contributed by atoms with van der Waals surface area (Å²) in [6, 6.07) is 14.3. The third kappa shape index (κ3) is 8.01. The van der Waals surface area contributed by atoms with E-state index < -0.39 is 68.1 Å². The first-order valence-corrected chi connectivity index (χ1v) is 15.3. The zero-order valence-corrected chi connectivity index (χ0v) is 25.4. The molecule has 0 amide bonds. The second-order valence-corrected chi connectivity index (χ2v) is 12.1. The van der Waals surface area contributed by atoms with Crippen LogP contribution in [-0.2, 0) is 23.4 Å². The number of rotatable bonds is 12. The van der Waals surface area contributed by atoms with Gasteiger partial charge in [-0.25, -0.2) is 9.36 Å². The van der Waals surface area contributed by atoms with Crippen LogP contribution in [0.2, 0.25) is 0 Å². The summed E-state index contributed by atoms with van der Waals surface area (Å²) in [7, 11) is -2.69. The minimum Gasteiger partial charge on any atom is -0.497 e. The van der Waals surface area contributed by atoms with Gasteiger partial charge in [0.1, 0.15) is 29.9 Å². The Kier molecular flexibility index (Phi) is 10.3. The fraction of sp³-hybridized carbons (Fsp3) is 0.414. The van der Waals surface area contributed by atoms with Crippen LogP contribution in [0.1, 0.15) is 33.9 Å². The molecular weight excluding hydrogens is 581 g/mol. The summed E-state index contributed by atoms with van der Waals surface area (Å²) in [5, 5.41) is 13.4. The van der Waals surface area contributed by atoms with Crippen molar-refractivity contribution >= 4 is 13.7 Å². The number of carbonyl (C=O) groups is 1. The number of aromatic amines is 1. The summed E-state index contributed by atoms with van der Waals surface area (Å²) >= 11 is 0.